The lowest BCUT2D eigenvalue weighted by Gasteiger charge is -2.28. The zero-order chi connectivity index (χ0) is 21.5. The highest BCUT2D eigenvalue weighted by Crippen LogP contribution is 2.32. The van der Waals surface area contributed by atoms with Crippen molar-refractivity contribution in [1.29, 1.82) is 0 Å². The molecule has 0 saturated heterocycles. The van der Waals surface area contributed by atoms with Crippen LogP contribution >= 0.6 is 0 Å². The largest absolute Gasteiger partial charge is 0.416 e. The summed E-state index contributed by atoms with van der Waals surface area (Å²) in [6, 6.07) is 11.3. The van der Waals surface area contributed by atoms with Gasteiger partial charge in [-0.3, -0.25) is 19.7 Å². The van der Waals surface area contributed by atoms with Crippen molar-refractivity contribution in [2.24, 2.45) is 0 Å². The summed E-state index contributed by atoms with van der Waals surface area (Å²) in [5.41, 5.74) is -1.24. The number of urea groups is 1. The maximum atomic E-state index is 12.9. The molecule has 0 saturated carbocycles. The number of rotatable bonds is 3. The van der Waals surface area contributed by atoms with Crippen LogP contribution < -0.4 is 21.9 Å². The average molecular weight is 416 g/mol. The summed E-state index contributed by atoms with van der Waals surface area (Å²) in [5.74, 6) is 0.00116. The van der Waals surface area contributed by atoms with E-state index in [9.17, 15) is 27.6 Å². The number of fused-ring (bicyclic) bond motifs is 1. The normalized spacial score (nSPS) is 15.8. The molecule has 0 bridgehead atoms. The van der Waals surface area contributed by atoms with Gasteiger partial charge in [0.2, 0.25) is 0 Å². The topological polar surface area (TPSA) is 96.0 Å². The smallest absolute Gasteiger partial charge is 0.327 e. The number of anilines is 1. The van der Waals surface area contributed by atoms with Gasteiger partial charge in [0.25, 0.3) is 5.56 Å². The van der Waals surface area contributed by atoms with Gasteiger partial charge in [-0.05, 0) is 23.3 Å². The van der Waals surface area contributed by atoms with Crippen LogP contribution in [0.5, 0.6) is 0 Å². The van der Waals surface area contributed by atoms with Gasteiger partial charge >= 0.3 is 17.9 Å². The Morgan fingerprint density at radius 2 is 1.60 bits per heavy atom. The van der Waals surface area contributed by atoms with E-state index in [1.807, 2.05) is 0 Å². The Morgan fingerprint density at radius 1 is 0.933 bits per heavy atom. The Morgan fingerprint density at radius 3 is 2.23 bits per heavy atom. The maximum Gasteiger partial charge on any atom is 0.416 e. The fourth-order valence-corrected chi connectivity index (χ4v) is 3.37. The number of amides is 2. The standard InChI is InChI=1S/C20H15F3N4O3/c21-20(22,23)13-8-6-12(7-9-13)15-14-16(25-18(29)24-15)27(19(30)26-17(14)28)10-11-4-2-1-3-5-11/h1-9,15H,10H2,(H2,24,25,29)(H,26,28,30). The Balaban J connectivity index is 1.83. The highest BCUT2D eigenvalue weighted by molar-refractivity contribution is 5.92. The minimum Gasteiger partial charge on any atom is -0.327 e. The van der Waals surface area contributed by atoms with Gasteiger partial charge in [0.1, 0.15) is 5.82 Å². The van der Waals surface area contributed by atoms with E-state index >= 15 is 0 Å². The first-order valence-corrected chi connectivity index (χ1v) is 8.89. The minimum absolute atomic E-state index is 0.00116. The van der Waals surface area contributed by atoms with Crippen molar-refractivity contribution < 1.29 is 18.0 Å². The Bertz CT molecular complexity index is 1220. The second-order valence-electron chi connectivity index (χ2n) is 6.74. The van der Waals surface area contributed by atoms with Crippen LogP contribution in [-0.4, -0.2) is 15.6 Å². The van der Waals surface area contributed by atoms with Crippen molar-refractivity contribution in [3.63, 3.8) is 0 Å². The van der Waals surface area contributed by atoms with Crippen molar-refractivity contribution in [2.75, 3.05) is 5.32 Å². The van der Waals surface area contributed by atoms with Crippen LogP contribution in [-0.2, 0) is 12.7 Å². The average Bonchev–Trinajstić information content (AvgIpc) is 2.70. The van der Waals surface area contributed by atoms with Gasteiger partial charge in [-0.25, -0.2) is 9.59 Å². The molecule has 4 rings (SSSR count). The summed E-state index contributed by atoms with van der Waals surface area (Å²) in [6.07, 6.45) is -4.51. The lowest BCUT2D eigenvalue weighted by Crippen LogP contribution is -2.46. The lowest BCUT2D eigenvalue weighted by molar-refractivity contribution is -0.137. The van der Waals surface area contributed by atoms with Crippen LogP contribution in [0.1, 0.15) is 28.3 Å². The van der Waals surface area contributed by atoms with Gasteiger partial charge < -0.3 is 5.32 Å². The predicted octanol–water partition coefficient (Wildman–Crippen LogP) is 2.83. The van der Waals surface area contributed by atoms with Gasteiger partial charge in [0.15, 0.2) is 0 Å². The Labute approximate surface area is 167 Å². The van der Waals surface area contributed by atoms with E-state index in [1.165, 1.54) is 16.7 Å². The molecule has 1 aliphatic heterocycles. The monoisotopic (exact) mass is 416 g/mol. The predicted molar refractivity (Wildman–Crippen MR) is 102 cm³/mol. The molecule has 3 N–H and O–H groups in total. The van der Waals surface area contributed by atoms with E-state index in [2.05, 4.69) is 15.6 Å². The van der Waals surface area contributed by atoms with E-state index in [4.69, 9.17) is 0 Å². The Hall–Kier alpha value is -3.82. The summed E-state index contributed by atoms with van der Waals surface area (Å²) in [6.45, 7) is 0.0821. The molecule has 154 valence electrons. The minimum atomic E-state index is -4.51. The molecule has 1 unspecified atom stereocenters. The number of halogens is 3. The molecule has 2 heterocycles. The third-order valence-electron chi connectivity index (χ3n) is 4.79. The third-order valence-corrected chi connectivity index (χ3v) is 4.79. The van der Waals surface area contributed by atoms with Crippen LogP contribution in [0.25, 0.3) is 0 Å². The first-order chi connectivity index (χ1) is 14.2. The number of aromatic amines is 1. The number of nitrogens with one attached hydrogen (secondary N) is 3. The summed E-state index contributed by atoms with van der Waals surface area (Å²) in [5, 5.41) is 5.01. The molecule has 30 heavy (non-hydrogen) atoms. The van der Waals surface area contributed by atoms with Crippen molar-refractivity contribution in [3.8, 4) is 0 Å². The summed E-state index contributed by atoms with van der Waals surface area (Å²) < 4.78 is 39.8. The molecule has 3 aromatic rings. The van der Waals surface area contributed by atoms with Crippen LogP contribution in [0, 0.1) is 0 Å². The fraction of sp³-hybridized carbons (Fsp3) is 0.150. The van der Waals surface area contributed by atoms with E-state index < -0.39 is 35.1 Å². The van der Waals surface area contributed by atoms with Crippen molar-refractivity contribution >= 4 is 11.8 Å². The molecule has 7 nitrogen and oxygen atoms in total. The van der Waals surface area contributed by atoms with E-state index in [1.54, 1.807) is 30.3 Å². The zero-order valence-corrected chi connectivity index (χ0v) is 15.3. The Kier molecular flexibility index (Phi) is 4.69. The van der Waals surface area contributed by atoms with Crippen LogP contribution in [0.4, 0.5) is 23.8 Å². The lowest BCUT2D eigenvalue weighted by atomic mass is 9.97. The van der Waals surface area contributed by atoms with E-state index in [-0.39, 0.29) is 23.5 Å². The zero-order valence-electron chi connectivity index (χ0n) is 15.3. The van der Waals surface area contributed by atoms with Crippen molar-refractivity contribution in [3.05, 3.63) is 97.7 Å². The van der Waals surface area contributed by atoms with Crippen LogP contribution in [0.15, 0.2) is 64.2 Å². The summed E-state index contributed by atoms with van der Waals surface area (Å²) >= 11 is 0. The number of hydrogen-bond donors (Lipinski definition) is 3. The number of alkyl halides is 3. The second-order valence-corrected chi connectivity index (χ2v) is 6.74. The molecule has 1 aromatic heterocycles. The van der Waals surface area contributed by atoms with Gasteiger partial charge in [-0.2, -0.15) is 13.2 Å². The maximum absolute atomic E-state index is 12.9. The highest BCUT2D eigenvalue weighted by Gasteiger charge is 2.33. The SMILES string of the molecule is O=C1Nc2c(c(=O)[nH]c(=O)n2Cc2ccccc2)C(c2ccc(C(F)(F)F)cc2)N1. The second kappa shape index (κ2) is 7.21. The number of H-pyrrole nitrogens is 1. The molecule has 1 atom stereocenters. The molecule has 0 aliphatic carbocycles. The number of benzene rings is 2. The molecule has 2 aromatic carbocycles. The molecule has 10 heteroatoms. The van der Waals surface area contributed by atoms with Gasteiger partial charge in [-0.1, -0.05) is 42.5 Å². The number of nitrogens with zero attached hydrogens (tertiary/aromatic N) is 1. The van der Waals surface area contributed by atoms with E-state index in [0.717, 1.165) is 17.7 Å². The summed E-state index contributed by atoms with van der Waals surface area (Å²) in [7, 11) is 0. The quantitative estimate of drug-likeness (QED) is 0.613. The molecule has 1 aliphatic rings. The number of carbonyl (C=O) groups excluding carboxylic acids is 1. The van der Waals surface area contributed by atoms with Crippen LogP contribution in [0.3, 0.4) is 0 Å². The van der Waals surface area contributed by atoms with Crippen molar-refractivity contribution in [1.82, 2.24) is 14.9 Å². The molecular formula is C20H15F3N4O3. The molecule has 2 amide bonds. The highest BCUT2D eigenvalue weighted by atomic mass is 19.4. The summed E-state index contributed by atoms with van der Waals surface area (Å²) in [4.78, 5) is 39.4. The molecule has 0 spiro atoms. The van der Waals surface area contributed by atoms with E-state index in [0.29, 0.717) is 0 Å². The first kappa shape index (κ1) is 19.5. The number of carbonyl (C=O) groups is 1. The van der Waals surface area contributed by atoms with Gasteiger partial charge in [0.05, 0.1) is 23.7 Å². The number of hydrogen-bond acceptors (Lipinski definition) is 3. The first-order valence-electron chi connectivity index (χ1n) is 8.89. The fourth-order valence-electron chi connectivity index (χ4n) is 3.37. The third kappa shape index (κ3) is 3.59. The molecule has 0 radical (unpaired) electrons. The van der Waals surface area contributed by atoms with Crippen molar-refractivity contribution in [2.45, 2.75) is 18.8 Å². The van der Waals surface area contributed by atoms with Gasteiger partial charge in [0, 0.05) is 0 Å². The molecular weight excluding hydrogens is 401 g/mol. The van der Waals surface area contributed by atoms with Crippen LogP contribution in [0.2, 0.25) is 0 Å². The van der Waals surface area contributed by atoms with Gasteiger partial charge in [-0.15, -0.1) is 0 Å². The number of aromatic nitrogens is 2. The molecule has 0 fully saturated rings.